The summed E-state index contributed by atoms with van der Waals surface area (Å²) in [5, 5.41) is 5.34. The van der Waals surface area contributed by atoms with E-state index < -0.39 is 18.0 Å². The number of rotatable bonds is 7. The topological polar surface area (TPSA) is 95.1 Å². The van der Waals surface area contributed by atoms with E-state index in [2.05, 4.69) is 10.6 Å². The smallest absolute Gasteiger partial charge is 0.337 e. The highest BCUT2D eigenvalue weighted by atomic mass is 16.5. The van der Waals surface area contributed by atoms with Crippen LogP contribution in [0.4, 0.5) is 4.79 Å². The number of allylic oxidation sites excluding steroid dienone is 1. The van der Waals surface area contributed by atoms with Crippen LogP contribution in [0.2, 0.25) is 0 Å². The molecule has 8 nitrogen and oxygen atoms in total. The van der Waals surface area contributed by atoms with Crippen molar-refractivity contribution in [1.82, 2.24) is 10.6 Å². The Hall–Kier alpha value is -3.68. The maximum Gasteiger partial charge on any atom is 0.337 e. The lowest BCUT2D eigenvalue weighted by molar-refractivity contribution is -0.136. The zero-order valence-electron chi connectivity index (χ0n) is 17.3. The standard InChI is InChI=1S/C22H24N2O6/c1-13-18(21(25)29-4)19(24-22(26)23-13)15-10-16(27-2)20(17(11-15)28-3)30-12-14-8-6-5-7-9-14/h5-11,19H,12H2,1-4H3,(H2,23,24,26). The Bertz CT molecular complexity index is 946. The predicted octanol–water partition coefficient (Wildman–Crippen LogP) is 3.08. The van der Waals surface area contributed by atoms with Gasteiger partial charge in [-0.25, -0.2) is 9.59 Å². The van der Waals surface area contributed by atoms with Gasteiger partial charge in [-0.1, -0.05) is 30.3 Å². The molecule has 0 aromatic heterocycles. The minimum Gasteiger partial charge on any atom is -0.493 e. The Morgan fingerprint density at radius 1 is 1.03 bits per heavy atom. The Labute approximate surface area is 174 Å². The zero-order chi connectivity index (χ0) is 21.7. The fraction of sp³-hybridized carbons (Fsp3) is 0.273. The quantitative estimate of drug-likeness (QED) is 0.679. The van der Waals surface area contributed by atoms with Crippen molar-refractivity contribution in [2.75, 3.05) is 21.3 Å². The molecule has 2 amide bonds. The van der Waals surface area contributed by atoms with Crippen LogP contribution >= 0.6 is 0 Å². The van der Waals surface area contributed by atoms with Crippen LogP contribution in [0.1, 0.15) is 24.1 Å². The summed E-state index contributed by atoms with van der Waals surface area (Å²) in [4.78, 5) is 24.4. The summed E-state index contributed by atoms with van der Waals surface area (Å²) < 4.78 is 21.9. The third-order valence-corrected chi connectivity index (χ3v) is 4.72. The van der Waals surface area contributed by atoms with Gasteiger partial charge in [0.2, 0.25) is 5.75 Å². The number of hydrogen-bond acceptors (Lipinski definition) is 6. The van der Waals surface area contributed by atoms with E-state index in [0.29, 0.717) is 40.7 Å². The molecule has 30 heavy (non-hydrogen) atoms. The van der Waals surface area contributed by atoms with Gasteiger partial charge in [-0.3, -0.25) is 0 Å². The molecule has 0 bridgehead atoms. The molecule has 2 N–H and O–H groups in total. The third-order valence-electron chi connectivity index (χ3n) is 4.72. The van der Waals surface area contributed by atoms with Gasteiger partial charge in [0.1, 0.15) is 6.61 Å². The third kappa shape index (κ3) is 4.32. The molecule has 2 aromatic carbocycles. The summed E-state index contributed by atoms with van der Waals surface area (Å²) in [6.45, 7) is 1.97. The summed E-state index contributed by atoms with van der Waals surface area (Å²) in [5.74, 6) is 0.699. The number of ether oxygens (including phenoxy) is 4. The second-order valence-corrected chi connectivity index (χ2v) is 6.59. The minimum atomic E-state index is -0.739. The molecule has 1 atom stereocenters. The van der Waals surface area contributed by atoms with Gasteiger partial charge in [0.05, 0.1) is 32.9 Å². The maximum atomic E-state index is 12.3. The van der Waals surface area contributed by atoms with Crippen LogP contribution < -0.4 is 24.8 Å². The molecule has 158 valence electrons. The number of carbonyl (C=O) groups is 2. The molecular formula is C22H24N2O6. The van der Waals surface area contributed by atoms with Crippen molar-refractivity contribution in [1.29, 1.82) is 0 Å². The summed E-state index contributed by atoms with van der Waals surface area (Å²) >= 11 is 0. The number of benzene rings is 2. The lowest BCUT2D eigenvalue weighted by atomic mass is 9.95. The number of esters is 1. The van der Waals surface area contributed by atoms with Crippen LogP contribution in [0.25, 0.3) is 0 Å². The van der Waals surface area contributed by atoms with Crippen LogP contribution in [0.5, 0.6) is 17.2 Å². The highest BCUT2D eigenvalue weighted by Gasteiger charge is 2.33. The maximum absolute atomic E-state index is 12.3. The number of methoxy groups -OCH3 is 3. The van der Waals surface area contributed by atoms with Crippen molar-refractivity contribution < 1.29 is 28.5 Å². The number of nitrogens with one attached hydrogen (secondary N) is 2. The molecule has 0 radical (unpaired) electrons. The van der Waals surface area contributed by atoms with Crippen molar-refractivity contribution in [3.05, 3.63) is 64.9 Å². The SMILES string of the molecule is COC(=O)C1=C(C)NC(=O)NC1c1cc(OC)c(OCc2ccccc2)c(OC)c1. The van der Waals surface area contributed by atoms with Crippen LogP contribution in [0.3, 0.4) is 0 Å². The van der Waals surface area contributed by atoms with E-state index in [0.717, 1.165) is 5.56 Å². The van der Waals surface area contributed by atoms with Crippen molar-refractivity contribution in [2.24, 2.45) is 0 Å². The Kier molecular flexibility index (Phi) is 6.46. The lowest BCUT2D eigenvalue weighted by Crippen LogP contribution is -2.45. The summed E-state index contributed by atoms with van der Waals surface area (Å²) in [6, 6.07) is 11.9. The van der Waals surface area contributed by atoms with E-state index in [-0.39, 0.29) is 0 Å². The van der Waals surface area contributed by atoms with Gasteiger partial charge in [-0.05, 0) is 30.2 Å². The first-order valence-corrected chi connectivity index (χ1v) is 9.27. The molecule has 0 fully saturated rings. The van der Waals surface area contributed by atoms with Gasteiger partial charge in [0.25, 0.3) is 0 Å². The molecule has 1 heterocycles. The van der Waals surface area contributed by atoms with E-state index in [9.17, 15) is 9.59 Å². The van der Waals surface area contributed by atoms with Gasteiger partial charge in [0, 0.05) is 5.70 Å². The number of amides is 2. The molecule has 1 unspecified atom stereocenters. The Balaban J connectivity index is 2.00. The van der Waals surface area contributed by atoms with E-state index in [4.69, 9.17) is 18.9 Å². The minimum absolute atomic E-state index is 0.291. The molecule has 0 aliphatic carbocycles. The average molecular weight is 412 g/mol. The summed E-state index contributed by atoms with van der Waals surface area (Å²) in [5.41, 5.74) is 2.28. The molecule has 0 spiro atoms. The second kappa shape index (κ2) is 9.21. The second-order valence-electron chi connectivity index (χ2n) is 6.59. The van der Waals surface area contributed by atoms with E-state index in [1.807, 2.05) is 30.3 Å². The van der Waals surface area contributed by atoms with Gasteiger partial charge in [-0.2, -0.15) is 0 Å². The van der Waals surface area contributed by atoms with Gasteiger partial charge < -0.3 is 29.6 Å². The van der Waals surface area contributed by atoms with Gasteiger partial charge in [-0.15, -0.1) is 0 Å². The molecule has 0 saturated heterocycles. The summed E-state index contributed by atoms with van der Waals surface area (Å²) in [6.07, 6.45) is 0. The van der Waals surface area contributed by atoms with Gasteiger partial charge in [0.15, 0.2) is 11.5 Å². The zero-order valence-corrected chi connectivity index (χ0v) is 17.3. The molecule has 0 saturated carbocycles. The van der Waals surface area contributed by atoms with Crippen molar-refractivity contribution in [2.45, 2.75) is 19.6 Å². The number of hydrogen-bond donors (Lipinski definition) is 2. The van der Waals surface area contributed by atoms with E-state index >= 15 is 0 Å². The van der Waals surface area contributed by atoms with Crippen molar-refractivity contribution in [3.8, 4) is 17.2 Å². The molecular weight excluding hydrogens is 388 g/mol. The van der Waals surface area contributed by atoms with Crippen LogP contribution in [0, 0.1) is 0 Å². The first kappa shape index (κ1) is 21.0. The highest BCUT2D eigenvalue weighted by Crippen LogP contribution is 2.42. The molecule has 8 heteroatoms. The largest absolute Gasteiger partial charge is 0.493 e. The average Bonchev–Trinajstić information content (AvgIpc) is 2.76. The van der Waals surface area contributed by atoms with E-state index in [1.54, 1.807) is 19.1 Å². The van der Waals surface area contributed by atoms with E-state index in [1.165, 1.54) is 21.3 Å². The molecule has 3 rings (SSSR count). The van der Waals surface area contributed by atoms with Crippen molar-refractivity contribution in [3.63, 3.8) is 0 Å². The predicted molar refractivity (Wildman–Crippen MR) is 109 cm³/mol. The fourth-order valence-electron chi connectivity index (χ4n) is 3.26. The lowest BCUT2D eigenvalue weighted by Gasteiger charge is -2.28. The van der Waals surface area contributed by atoms with Crippen molar-refractivity contribution >= 4 is 12.0 Å². The first-order valence-electron chi connectivity index (χ1n) is 9.27. The first-order chi connectivity index (χ1) is 14.5. The Morgan fingerprint density at radius 3 is 2.23 bits per heavy atom. The highest BCUT2D eigenvalue weighted by molar-refractivity contribution is 5.95. The van der Waals surface area contributed by atoms with Crippen LogP contribution in [-0.4, -0.2) is 33.3 Å². The molecule has 1 aliphatic heterocycles. The van der Waals surface area contributed by atoms with Crippen LogP contribution in [-0.2, 0) is 16.1 Å². The molecule has 1 aliphatic rings. The number of urea groups is 1. The van der Waals surface area contributed by atoms with Gasteiger partial charge >= 0.3 is 12.0 Å². The Morgan fingerprint density at radius 2 is 1.67 bits per heavy atom. The number of carbonyl (C=O) groups excluding carboxylic acids is 2. The van der Waals surface area contributed by atoms with Crippen LogP contribution in [0.15, 0.2) is 53.7 Å². The summed E-state index contributed by atoms with van der Waals surface area (Å²) in [7, 11) is 4.31. The normalized spacial score (nSPS) is 15.7. The monoisotopic (exact) mass is 412 g/mol. The molecule has 2 aromatic rings. The fourth-order valence-corrected chi connectivity index (χ4v) is 3.26.